The van der Waals surface area contributed by atoms with E-state index in [1.807, 2.05) is 0 Å². The van der Waals surface area contributed by atoms with Gasteiger partial charge < -0.3 is 20.9 Å². The zero-order valence-corrected chi connectivity index (χ0v) is 10.2. The van der Waals surface area contributed by atoms with Crippen molar-refractivity contribution in [2.45, 2.75) is 12.8 Å². The van der Waals surface area contributed by atoms with Gasteiger partial charge in [0.25, 0.3) is 0 Å². The molecule has 0 spiro atoms. The Morgan fingerprint density at radius 2 is 1.81 bits per heavy atom. The van der Waals surface area contributed by atoms with Gasteiger partial charge in [-0.3, -0.25) is 4.79 Å². The normalized spacial score (nSPS) is 19.4. The lowest BCUT2D eigenvalue weighted by molar-refractivity contribution is -0.120. The molecular formula is C11H24N4O. The molecule has 1 aliphatic rings. The van der Waals surface area contributed by atoms with Crippen LogP contribution in [0.15, 0.2) is 0 Å². The minimum Gasteiger partial charge on any atom is -0.359 e. The number of nitrogens with two attached hydrogens (primary N) is 1. The second-order valence-electron chi connectivity index (χ2n) is 4.25. The van der Waals surface area contributed by atoms with Gasteiger partial charge in [0.2, 0.25) is 5.91 Å². The average molecular weight is 228 g/mol. The lowest BCUT2D eigenvalue weighted by atomic mass is 10.3. The minimum atomic E-state index is 0.128. The molecule has 0 radical (unpaired) electrons. The molecule has 94 valence electrons. The molecule has 3 N–H and O–H groups in total. The third-order valence-corrected chi connectivity index (χ3v) is 3.06. The van der Waals surface area contributed by atoms with E-state index in [-0.39, 0.29) is 5.91 Å². The molecule has 0 aliphatic carbocycles. The fraction of sp³-hybridized carbons (Fsp3) is 0.909. The summed E-state index contributed by atoms with van der Waals surface area (Å²) < 4.78 is 0. The molecular weight excluding hydrogens is 204 g/mol. The number of carbonyl (C=O) groups excluding carboxylic acids is 1. The van der Waals surface area contributed by atoms with Gasteiger partial charge in [0, 0.05) is 46.2 Å². The highest BCUT2D eigenvalue weighted by molar-refractivity contribution is 5.75. The van der Waals surface area contributed by atoms with Gasteiger partial charge in [0.1, 0.15) is 0 Å². The van der Waals surface area contributed by atoms with Crippen LogP contribution in [0.4, 0.5) is 0 Å². The summed E-state index contributed by atoms with van der Waals surface area (Å²) in [5, 5.41) is 2.66. The van der Waals surface area contributed by atoms with Crippen molar-refractivity contribution in [3.05, 3.63) is 0 Å². The molecule has 0 aromatic heterocycles. The van der Waals surface area contributed by atoms with E-state index in [4.69, 9.17) is 5.73 Å². The molecule has 16 heavy (non-hydrogen) atoms. The number of hydrogen-bond donors (Lipinski definition) is 2. The fourth-order valence-electron chi connectivity index (χ4n) is 2.04. The molecule has 1 aliphatic heterocycles. The number of nitrogens with zero attached hydrogens (tertiary/aromatic N) is 2. The quantitative estimate of drug-likeness (QED) is 0.639. The van der Waals surface area contributed by atoms with Gasteiger partial charge in [-0.2, -0.15) is 0 Å². The molecule has 1 heterocycles. The maximum atomic E-state index is 11.1. The van der Waals surface area contributed by atoms with E-state index in [2.05, 4.69) is 15.1 Å². The fourth-order valence-corrected chi connectivity index (χ4v) is 2.04. The Morgan fingerprint density at radius 1 is 1.19 bits per heavy atom. The molecule has 0 aromatic rings. The molecule has 5 nitrogen and oxygen atoms in total. The summed E-state index contributed by atoms with van der Waals surface area (Å²) in [6.45, 7) is 6.95. The minimum absolute atomic E-state index is 0.128. The van der Waals surface area contributed by atoms with Crippen molar-refractivity contribution in [2.75, 3.05) is 52.9 Å². The first-order chi connectivity index (χ1) is 7.76. The first-order valence-electron chi connectivity index (χ1n) is 6.11. The summed E-state index contributed by atoms with van der Waals surface area (Å²) in [6.07, 6.45) is 1.78. The molecule has 1 rings (SSSR count). The topological polar surface area (TPSA) is 61.6 Å². The van der Waals surface area contributed by atoms with E-state index in [9.17, 15) is 4.79 Å². The smallest absolute Gasteiger partial charge is 0.221 e. The van der Waals surface area contributed by atoms with Crippen molar-refractivity contribution in [3.8, 4) is 0 Å². The van der Waals surface area contributed by atoms with Gasteiger partial charge in [-0.1, -0.05) is 0 Å². The van der Waals surface area contributed by atoms with Crippen LogP contribution in [0.2, 0.25) is 0 Å². The Bertz CT molecular complexity index is 210. The van der Waals surface area contributed by atoms with Crippen LogP contribution in [0.1, 0.15) is 12.8 Å². The zero-order chi connectivity index (χ0) is 11.8. The number of rotatable bonds is 5. The second kappa shape index (κ2) is 7.60. The van der Waals surface area contributed by atoms with Gasteiger partial charge in [0.15, 0.2) is 0 Å². The van der Waals surface area contributed by atoms with Gasteiger partial charge in [-0.25, -0.2) is 0 Å². The maximum Gasteiger partial charge on any atom is 0.221 e. The van der Waals surface area contributed by atoms with E-state index in [1.54, 1.807) is 7.05 Å². The number of carbonyl (C=O) groups is 1. The molecule has 1 saturated heterocycles. The number of hydrogen-bond acceptors (Lipinski definition) is 4. The Labute approximate surface area is 98.0 Å². The van der Waals surface area contributed by atoms with Crippen LogP contribution in [0.5, 0.6) is 0 Å². The van der Waals surface area contributed by atoms with Crippen molar-refractivity contribution in [1.29, 1.82) is 0 Å². The van der Waals surface area contributed by atoms with Gasteiger partial charge in [0.05, 0.1) is 0 Å². The average Bonchev–Trinajstić information content (AvgIpc) is 2.52. The van der Waals surface area contributed by atoms with Crippen LogP contribution in [-0.2, 0) is 4.79 Å². The van der Waals surface area contributed by atoms with Gasteiger partial charge >= 0.3 is 0 Å². The van der Waals surface area contributed by atoms with Crippen LogP contribution in [-0.4, -0.2) is 68.6 Å². The summed E-state index contributed by atoms with van der Waals surface area (Å²) in [5.74, 6) is 0.128. The zero-order valence-electron chi connectivity index (χ0n) is 10.2. The summed E-state index contributed by atoms with van der Waals surface area (Å²) in [5.41, 5.74) is 5.55. The monoisotopic (exact) mass is 228 g/mol. The van der Waals surface area contributed by atoms with Crippen LogP contribution < -0.4 is 11.1 Å². The number of amides is 1. The molecule has 0 unspecified atom stereocenters. The molecule has 1 fully saturated rings. The van der Waals surface area contributed by atoms with Crippen LogP contribution in [0.25, 0.3) is 0 Å². The lowest BCUT2D eigenvalue weighted by Crippen LogP contribution is -2.35. The third kappa shape index (κ3) is 4.92. The van der Waals surface area contributed by atoms with Crippen LogP contribution in [0, 0.1) is 0 Å². The lowest BCUT2D eigenvalue weighted by Gasteiger charge is -2.20. The highest BCUT2D eigenvalue weighted by atomic mass is 16.1. The Kier molecular flexibility index (Phi) is 6.37. The highest BCUT2D eigenvalue weighted by Gasteiger charge is 2.14. The third-order valence-electron chi connectivity index (χ3n) is 3.06. The van der Waals surface area contributed by atoms with Crippen LogP contribution >= 0.6 is 0 Å². The van der Waals surface area contributed by atoms with Crippen molar-refractivity contribution in [1.82, 2.24) is 15.1 Å². The molecule has 0 atom stereocenters. The summed E-state index contributed by atoms with van der Waals surface area (Å²) in [7, 11) is 1.69. The first-order valence-corrected chi connectivity index (χ1v) is 6.11. The largest absolute Gasteiger partial charge is 0.359 e. The van der Waals surface area contributed by atoms with Crippen molar-refractivity contribution < 1.29 is 4.79 Å². The summed E-state index contributed by atoms with van der Waals surface area (Å²) in [4.78, 5) is 15.9. The molecule has 1 amide bonds. The molecule has 0 bridgehead atoms. The second-order valence-corrected chi connectivity index (χ2v) is 4.25. The predicted octanol–water partition coefficient (Wildman–Crippen LogP) is -0.911. The van der Waals surface area contributed by atoms with Gasteiger partial charge in [-0.15, -0.1) is 0 Å². The first kappa shape index (κ1) is 13.4. The standard InChI is InChI=1S/C11H24N4O/c1-13-11(16)3-7-14-5-2-6-15(8-4-12)10-9-14/h2-10,12H2,1H3,(H,13,16). The Balaban J connectivity index is 2.22. The van der Waals surface area contributed by atoms with Crippen molar-refractivity contribution in [3.63, 3.8) is 0 Å². The number of nitrogens with one attached hydrogen (secondary N) is 1. The molecule has 5 heteroatoms. The van der Waals surface area contributed by atoms with E-state index in [0.29, 0.717) is 6.42 Å². The predicted molar refractivity (Wildman–Crippen MR) is 65.2 cm³/mol. The van der Waals surface area contributed by atoms with E-state index >= 15 is 0 Å². The Morgan fingerprint density at radius 3 is 2.38 bits per heavy atom. The van der Waals surface area contributed by atoms with E-state index < -0.39 is 0 Å². The van der Waals surface area contributed by atoms with Gasteiger partial charge in [-0.05, 0) is 19.5 Å². The summed E-state index contributed by atoms with van der Waals surface area (Å²) >= 11 is 0. The maximum absolute atomic E-state index is 11.1. The van der Waals surface area contributed by atoms with Crippen LogP contribution in [0.3, 0.4) is 0 Å². The summed E-state index contributed by atoms with van der Waals surface area (Å²) in [6, 6.07) is 0. The highest BCUT2D eigenvalue weighted by Crippen LogP contribution is 2.03. The van der Waals surface area contributed by atoms with Crippen molar-refractivity contribution in [2.24, 2.45) is 5.73 Å². The molecule has 0 saturated carbocycles. The van der Waals surface area contributed by atoms with E-state index in [0.717, 1.165) is 45.8 Å². The van der Waals surface area contributed by atoms with E-state index in [1.165, 1.54) is 6.42 Å². The van der Waals surface area contributed by atoms with Crippen molar-refractivity contribution >= 4 is 5.91 Å². The Hall–Kier alpha value is -0.650. The molecule has 0 aromatic carbocycles. The SMILES string of the molecule is CNC(=O)CCN1CCCN(CCN)CC1.